The van der Waals surface area contributed by atoms with Crippen molar-refractivity contribution in [3.63, 3.8) is 0 Å². The van der Waals surface area contributed by atoms with Crippen molar-refractivity contribution in [2.24, 2.45) is 0 Å². The molecule has 0 aliphatic rings. The molecule has 2 aromatic rings. The summed E-state index contributed by atoms with van der Waals surface area (Å²) in [6.07, 6.45) is 0. The van der Waals surface area contributed by atoms with Gasteiger partial charge in [-0.15, -0.1) is 0 Å². The Bertz CT molecular complexity index is 632. The maximum atomic E-state index is 12.3. The lowest BCUT2D eigenvalue weighted by Crippen LogP contribution is -2.26. The third kappa shape index (κ3) is 3.05. The Morgan fingerprint density at radius 1 is 1.35 bits per heavy atom. The van der Waals surface area contributed by atoms with E-state index < -0.39 is 0 Å². The number of rotatable bonds is 3. The first-order valence-electron chi connectivity index (χ1n) is 5.80. The van der Waals surface area contributed by atoms with E-state index in [1.807, 2.05) is 0 Å². The maximum Gasteiger partial charge on any atom is 0.254 e. The Labute approximate surface area is 126 Å². The molecule has 2 N–H and O–H groups in total. The second-order valence-corrected chi connectivity index (χ2v) is 5.26. The van der Waals surface area contributed by atoms with Crippen LogP contribution >= 0.6 is 23.2 Å². The molecule has 0 aliphatic heterocycles. The second kappa shape index (κ2) is 5.73. The second-order valence-electron chi connectivity index (χ2n) is 4.44. The summed E-state index contributed by atoms with van der Waals surface area (Å²) in [4.78, 5) is 13.8. The van der Waals surface area contributed by atoms with E-state index >= 15 is 0 Å². The summed E-state index contributed by atoms with van der Waals surface area (Å²) < 4.78 is 4.96. The Morgan fingerprint density at radius 3 is 2.45 bits per heavy atom. The summed E-state index contributed by atoms with van der Waals surface area (Å²) in [6.45, 7) is 2.12. The largest absolute Gasteiger partial charge is 0.396 e. The number of hydrogen-bond donors (Lipinski definition) is 1. The smallest absolute Gasteiger partial charge is 0.254 e. The highest BCUT2D eigenvalue weighted by Crippen LogP contribution is 2.29. The number of nitrogen functional groups attached to an aromatic ring is 1. The number of anilines is 1. The maximum absolute atomic E-state index is 12.3. The zero-order valence-electron chi connectivity index (χ0n) is 11.0. The molecule has 0 saturated carbocycles. The highest BCUT2D eigenvalue weighted by Gasteiger charge is 2.16. The quantitative estimate of drug-likeness (QED) is 0.883. The van der Waals surface area contributed by atoms with Crippen molar-refractivity contribution in [3.05, 3.63) is 45.3 Å². The fourth-order valence-electron chi connectivity index (χ4n) is 1.74. The summed E-state index contributed by atoms with van der Waals surface area (Å²) in [5, 5.41) is 4.35. The fourth-order valence-corrected chi connectivity index (χ4v) is 2.22. The molecule has 0 saturated heterocycles. The van der Waals surface area contributed by atoms with Gasteiger partial charge in [-0.05, 0) is 19.1 Å². The molecule has 0 unspecified atom stereocenters. The van der Waals surface area contributed by atoms with Gasteiger partial charge >= 0.3 is 0 Å². The molecule has 0 spiro atoms. The number of benzene rings is 1. The van der Waals surface area contributed by atoms with Crippen LogP contribution in [0.5, 0.6) is 0 Å². The van der Waals surface area contributed by atoms with Crippen molar-refractivity contribution < 1.29 is 9.32 Å². The van der Waals surface area contributed by atoms with Crippen LogP contribution in [-0.2, 0) is 6.54 Å². The minimum Gasteiger partial charge on any atom is -0.396 e. The van der Waals surface area contributed by atoms with Crippen molar-refractivity contribution in [1.82, 2.24) is 10.1 Å². The zero-order chi connectivity index (χ0) is 14.9. The highest BCUT2D eigenvalue weighted by molar-refractivity contribution is 6.39. The third-order valence-electron chi connectivity index (χ3n) is 2.75. The van der Waals surface area contributed by atoms with Gasteiger partial charge in [0.15, 0.2) is 0 Å². The lowest BCUT2D eigenvalue weighted by molar-refractivity contribution is 0.0782. The number of halogens is 2. The van der Waals surface area contributed by atoms with Gasteiger partial charge < -0.3 is 15.2 Å². The summed E-state index contributed by atoms with van der Waals surface area (Å²) in [6, 6.07) is 4.76. The topological polar surface area (TPSA) is 72.4 Å². The predicted molar refractivity (Wildman–Crippen MR) is 77.9 cm³/mol. The summed E-state index contributed by atoms with van der Waals surface area (Å²) in [5.74, 6) is 0.467. The summed E-state index contributed by atoms with van der Waals surface area (Å²) >= 11 is 11.8. The van der Waals surface area contributed by atoms with Gasteiger partial charge in [-0.25, -0.2) is 0 Å². The average Bonchev–Trinajstić information content (AvgIpc) is 2.79. The molecule has 1 amide bonds. The van der Waals surface area contributed by atoms with Crippen LogP contribution in [0, 0.1) is 6.92 Å². The van der Waals surface area contributed by atoms with Crippen LogP contribution in [0.1, 0.15) is 21.8 Å². The number of carbonyl (C=O) groups is 1. The molecule has 0 atom stereocenters. The SMILES string of the molecule is Cc1cc(CN(C)C(=O)c2cc(Cl)c(N)c(Cl)c2)no1. The summed E-state index contributed by atoms with van der Waals surface area (Å²) in [5.41, 5.74) is 6.95. The van der Waals surface area contributed by atoms with Crippen molar-refractivity contribution >= 4 is 34.8 Å². The van der Waals surface area contributed by atoms with E-state index in [1.54, 1.807) is 20.0 Å². The van der Waals surface area contributed by atoms with Crippen molar-refractivity contribution in [3.8, 4) is 0 Å². The van der Waals surface area contributed by atoms with Gasteiger partial charge in [-0.1, -0.05) is 28.4 Å². The Balaban J connectivity index is 2.18. The van der Waals surface area contributed by atoms with Crippen molar-refractivity contribution in [2.75, 3.05) is 12.8 Å². The molecule has 1 aromatic carbocycles. The van der Waals surface area contributed by atoms with Crippen LogP contribution in [0.25, 0.3) is 0 Å². The molecule has 5 nitrogen and oxygen atoms in total. The van der Waals surface area contributed by atoms with E-state index in [-0.39, 0.29) is 21.6 Å². The number of nitrogens with zero attached hydrogens (tertiary/aromatic N) is 2. The Kier molecular flexibility index (Phi) is 4.20. The van der Waals surface area contributed by atoms with Crippen LogP contribution in [0.15, 0.2) is 22.7 Å². The van der Waals surface area contributed by atoms with Crippen LogP contribution in [0.2, 0.25) is 10.0 Å². The van der Waals surface area contributed by atoms with E-state index in [0.29, 0.717) is 23.6 Å². The van der Waals surface area contributed by atoms with Crippen molar-refractivity contribution in [2.45, 2.75) is 13.5 Å². The number of amides is 1. The third-order valence-corrected chi connectivity index (χ3v) is 3.37. The number of carbonyl (C=O) groups excluding carboxylic acids is 1. The fraction of sp³-hybridized carbons (Fsp3) is 0.231. The first kappa shape index (κ1) is 14.7. The van der Waals surface area contributed by atoms with Gasteiger partial charge in [0.2, 0.25) is 0 Å². The lowest BCUT2D eigenvalue weighted by Gasteiger charge is -2.16. The van der Waals surface area contributed by atoms with Gasteiger partial charge in [0, 0.05) is 18.7 Å². The molecular formula is C13H13Cl2N3O2. The molecule has 106 valence electrons. The molecule has 20 heavy (non-hydrogen) atoms. The minimum atomic E-state index is -0.227. The van der Waals surface area contributed by atoms with Crippen LogP contribution < -0.4 is 5.73 Å². The lowest BCUT2D eigenvalue weighted by atomic mass is 10.2. The number of aryl methyl sites for hydroxylation is 1. The molecular weight excluding hydrogens is 301 g/mol. The molecule has 7 heteroatoms. The molecule has 2 rings (SSSR count). The van der Waals surface area contributed by atoms with E-state index in [4.69, 9.17) is 33.5 Å². The normalized spacial score (nSPS) is 10.6. The molecule has 0 bridgehead atoms. The van der Waals surface area contributed by atoms with Gasteiger partial charge in [-0.3, -0.25) is 4.79 Å². The van der Waals surface area contributed by atoms with Crippen LogP contribution in [0.3, 0.4) is 0 Å². The molecule has 0 radical (unpaired) electrons. The summed E-state index contributed by atoms with van der Waals surface area (Å²) in [7, 11) is 1.66. The van der Waals surface area contributed by atoms with E-state index in [2.05, 4.69) is 5.16 Å². The van der Waals surface area contributed by atoms with Gasteiger partial charge in [0.05, 0.1) is 22.3 Å². The minimum absolute atomic E-state index is 0.227. The van der Waals surface area contributed by atoms with Crippen LogP contribution in [0.4, 0.5) is 5.69 Å². The Hall–Kier alpha value is -1.72. The highest BCUT2D eigenvalue weighted by atomic mass is 35.5. The first-order chi connectivity index (χ1) is 9.38. The Morgan fingerprint density at radius 2 is 1.95 bits per heavy atom. The molecule has 1 heterocycles. The average molecular weight is 314 g/mol. The van der Waals surface area contributed by atoms with Gasteiger partial charge in [0.25, 0.3) is 5.91 Å². The van der Waals surface area contributed by atoms with E-state index in [0.717, 1.165) is 0 Å². The predicted octanol–water partition coefficient (Wildman–Crippen LogP) is 3.14. The number of hydrogen-bond acceptors (Lipinski definition) is 4. The zero-order valence-corrected chi connectivity index (χ0v) is 12.5. The molecule has 0 fully saturated rings. The molecule has 1 aromatic heterocycles. The van der Waals surface area contributed by atoms with Gasteiger partial charge in [-0.2, -0.15) is 0 Å². The standard InChI is InChI=1S/C13H13Cl2N3O2/c1-7-3-9(17-20-7)6-18(2)13(19)8-4-10(14)12(16)11(15)5-8/h3-5H,6,16H2,1-2H3. The first-order valence-corrected chi connectivity index (χ1v) is 6.56. The monoisotopic (exact) mass is 313 g/mol. The van der Waals surface area contributed by atoms with E-state index in [1.165, 1.54) is 17.0 Å². The van der Waals surface area contributed by atoms with Crippen molar-refractivity contribution in [1.29, 1.82) is 0 Å². The van der Waals surface area contributed by atoms with Gasteiger partial charge in [0.1, 0.15) is 11.5 Å². The number of aromatic nitrogens is 1. The number of nitrogens with two attached hydrogens (primary N) is 1. The molecule has 0 aliphatic carbocycles. The van der Waals surface area contributed by atoms with Crippen LogP contribution in [-0.4, -0.2) is 23.0 Å². The van der Waals surface area contributed by atoms with E-state index in [9.17, 15) is 4.79 Å².